The Bertz CT molecular complexity index is 1510. The molecule has 1 aliphatic heterocycles. The van der Waals surface area contributed by atoms with Crippen LogP contribution >= 0.6 is 0 Å². The summed E-state index contributed by atoms with van der Waals surface area (Å²) in [6, 6.07) is 16.1. The van der Waals surface area contributed by atoms with E-state index in [4.69, 9.17) is 27.3 Å². The molecule has 0 N–H and O–H groups in total. The van der Waals surface area contributed by atoms with E-state index in [9.17, 15) is 4.21 Å². The first-order valence-electron chi connectivity index (χ1n) is 17.1. The van der Waals surface area contributed by atoms with Crippen molar-refractivity contribution in [3.63, 3.8) is 0 Å². The first-order valence-corrected chi connectivity index (χ1v) is 18.1. The highest BCUT2D eigenvalue weighted by atomic mass is 32.2. The molecule has 4 aromatic rings. The number of rotatable bonds is 18. The Kier molecular flexibility index (Phi) is 12.3. The zero-order valence-corrected chi connectivity index (χ0v) is 28.6. The predicted molar refractivity (Wildman–Crippen MR) is 187 cm³/mol. The predicted octanol–water partition coefficient (Wildman–Crippen LogP) is 10.5. The van der Waals surface area contributed by atoms with Crippen molar-refractivity contribution >= 4 is 32.9 Å². The molecule has 5 rings (SSSR count). The Hall–Kier alpha value is -3.65. The molecule has 0 fully saturated rings. The maximum atomic E-state index is 13.5. The van der Waals surface area contributed by atoms with Gasteiger partial charge in [-0.2, -0.15) is 4.21 Å². The highest BCUT2D eigenvalue weighted by molar-refractivity contribution is 7.76. The Morgan fingerprint density at radius 1 is 0.522 bits per heavy atom. The van der Waals surface area contributed by atoms with Crippen LogP contribution in [0.25, 0.3) is 32.7 Å². The molecule has 0 aliphatic carbocycles. The number of ether oxygens (including phenoxy) is 4. The summed E-state index contributed by atoms with van der Waals surface area (Å²) in [5.74, 6) is 3.42. The number of unbranched alkanes of at least 4 members (excludes halogenated alkanes) is 6. The molecule has 0 unspecified atom stereocenters. The van der Waals surface area contributed by atoms with Crippen LogP contribution in [0, 0.1) is 0 Å². The molecule has 7 nitrogen and oxygen atoms in total. The second kappa shape index (κ2) is 16.8. The highest BCUT2D eigenvalue weighted by Crippen LogP contribution is 2.55. The minimum absolute atomic E-state index is 0.397. The Morgan fingerprint density at radius 3 is 1.35 bits per heavy atom. The van der Waals surface area contributed by atoms with Crippen LogP contribution in [0.4, 0.5) is 0 Å². The van der Waals surface area contributed by atoms with Crippen molar-refractivity contribution in [2.45, 2.75) is 91.9 Å². The first kappa shape index (κ1) is 33.7. The summed E-state index contributed by atoms with van der Waals surface area (Å²) in [4.78, 5) is 0. The van der Waals surface area contributed by atoms with E-state index in [0.717, 1.165) is 108 Å². The number of hydrogen-bond donors (Lipinski definition) is 0. The van der Waals surface area contributed by atoms with E-state index < -0.39 is 11.4 Å². The Labute approximate surface area is 276 Å². The summed E-state index contributed by atoms with van der Waals surface area (Å²) < 4.78 is 50.6. The van der Waals surface area contributed by atoms with Gasteiger partial charge in [-0.1, -0.05) is 66.2 Å². The average Bonchev–Trinajstić information content (AvgIpc) is 3.21. The van der Waals surface area contributed by atoms with Crippen molar-refractivity contribution in [2.75, 3.05) is 26.4 Å². The Morgan fingerprint density at radius 2 is 0.935 bits per heavy atom. The van der Waals surface area contributed by atoms with Crippen LogP contribution < -0.4 is 27.3 Å². The third-order valence-corrected chi connectivity index (χ3v) is 8.76. The van der Waals surface area contributed by atoms with Gasteiger partial charge in [0.1, 0.15) is 11.5 Å². The number of benzene rings is 4. The highest BCUT2D eigenvalue weighted by Gasteiger charge is 2.32. The van der Waals surface area contributed by atoms with E-state index in [1.165, 1.54) is 0 Å². The van der Waals surface area contributed by atoms with Crippen molar-refractivity contribution in [2.24, 2.45) is 0 Å². The van der Waals surface area contributed by atoms with Crippen LogP contribution in [0.1, 0.15) is 91.9 Å². The molecule has 0 radical (unpaired) electrons. The summed E-state index contributed by atoms with van der Waals surface area (Å²) in [6.45, 7) is 11.0. The molecule has 0 spiro atoms. The van der Waals surface area contributed by atoms with Crippen LogP contribution in [-0.4, -0.2) is 30.6 Å². The number of fused-ring (bicyclic) bond motifs is 7. The van der Waals surface area contributed by atoms with E-state index in [2.05, 4.69) is 27.7 Å². The molecule has 0 bridgehead atoms. The summed E-state index contributed by atoms with van der Waals surface area (Å²) in [6.07, 6.45) is 10.1. The van der Waals surface area contributed by atoms with Gasteiger partial charge in [-0.15, -0.1) is 0 Å². The smallest absolute Gasteiger partial charge is 0.418 e. The maximum absolute atomic E-state index is 13.5. The third kappa shape index (κ3) is 8.00. The van der Waals surface area contributed by atoms with Gasteiger partial charge in [-0.3, -0.25) is 0 Å². The van der Waals surface area contributed by atoms with Gasteiger partial charge in [0.15, 0.2) is 23.0 Å². The van der Waals surface area contributed by atoms with E-state index in [1.807, 2.05) is 48.5 Å². The van der Waals surface area contributed by atoms with Gasteiger partial charge in [-0.25, -0.2) is 0 Å². The molecule has 8 heteroatoms. The molecule has 0 amide bonds. The minimum Gasteiger partial charge on any atom is -0.494 e. The molecule has 4 aromatic carbocycles. The van der Waals surface area contributed by atoms with Gasteiger partial charge in [0.05, 0.1) is 26.4 Å². The van der Waals surface area contributed by atoms with Crippen LogP contribution in [0.3, 0.4) is 0 Å². The normalized spacial score (nSPS) is 12.6. The summed E-state index contributed by atoms with van der Waals surface area (Å²) >= 11 is -2.13. The van der Waals surface area contributed by atoms with Crippen LogP contribution in [0.2, 0.25) is 0 Å². The lowest BCUT2D eigenvalue weighted by atomic mass is 9.91. The van der Waals surface area contributed by atoms with E-state index in [1.54, 1.807) is 0 Å². The topological polar surface area (TPSA) is 72.5 Å². The first-order chi connectivity index (χ1) is 22.6. The molecule has 0 aromatic heterocycles. The fourth-order valence-corrected chi connectivity index (χ4v) is 6.26. The van der Waals surface area contributed by atoms with Gasteiger partial charge in [0.2, 0.25) is 0 Å². The van der Waals surface area contributed by atoms with Crippen LogP contribution in [-0.2, 0) is 11.4 Å². The molecular formula is C38H48O7S. The zero-order chi connectivity index (χ0) is 32.3. The molecular weight excluding hydrogens is 600 g/mol. The third-order valence-electron chi connectivity index (χ3n) is 8.16. The second-order valence-electron chi connectivity index (χ2n) is 11.8. The quantitative estimate of drug-likeness (QED) is 0.0994. The summed E-state index contributed by atoms with van der Waals surface area (Å²) in [5.41, 5.74) is 1.51. The molecule has 0 saturated carbocycles. The summed E-state index contributed by atoms with van der Waals surface area (Å²) in [5, 5.41) is 3.69. The zero-order valence-electron chi connectivity index (χ0n) is 27.8. The van der Waals surface area contributed by atoms with Crippen LogP contribution in [0.5, 0.6) is 34.5 Å². The van der Waals surface area contributed by atoms with E-state index >= 15 is 0 Å². The van der Waals surface area contributed by atoms with Gasteiger partial charge in [-0.05, 0) is 95.8 Å². The fourth-order valence-electron chi connectivity index (χ4n) is 5.63. The minimum atomic E-state index is -2.13. The van der Waals surface area contributed by atoms with E-state index in [0.29, 0.717) is 49.4 Å². The average molecular weight is 649 g/mol. The maximum Gasteiger partial charge on any atom is 0.418 e. The summed E-state index contributed by atoms with van der Waals surface area (Å²) in [7, 11) is 0. The monoisotopic (exact) mass is 648 g/mol. The molecule has 46 heavy (non-hydrogen) atoms. The molecule has 1 heterocycles. The van der Waals surface area contributed by atoms with Crippen molar-refractivity contribution in [3.05, 3.63) is 48.5 Å². The van der Waals surface area contributed by atoms with Crippen molar-refractivity contribution in [1.82, 2.24) is 0 Å². The van der Waals surface area contributed by atoms with Gasteiger partial charge in [0.25, 0.3) is 0 Å². The number of hydrogen-bond acceptors (Lipinski definition) is 7. The lowest BCUT2D eigenvalue weighted by Gasteiger charge is -2.19. The van der Waals surface area contributed by atoms with Gasteiger partial charge in [0, 0.05) is 11.1 Å². The van der Waals surface area contributed by atoms with Crippen molar-refractivity contribution in [1.29, 1.82) is 0 Å². The Balaban J connectivity index is 1.74. The van der Waals surface area contributed by atoms with E-state index in [-0.39, 0.29) is 0 Å². The fraction of sp³-hybridized carbons (Fsp3) is 0.474. The van der Waals surface area contributed by atoms with Crippen molar-refractivity contribution < 1.29 is 31.5 Å². The van der Waals surface area contributed by atoms with Gasteiger partial charge >= 0.3 is 11.4 Å². The van der Waals surface area contributed by atoms with Gasteiger partial charge < -0.3 is 27.3 Å². The largest absolute Gasteiger partial charge is 0.494 e. The standard InChI is InChI=1S/C38H48O7S/c1-5-9-13-21-42-33-25-27-23-29(40-19-11-7-3)15-17-31(27)35-36-32-18-16-30(41-20-12-8-4)24-28(32)26-34(43-22-14-10-6-2)38(36)45-46(39)44-37(33)35/h15-18,23-26H,5-14,19-22H2,1-4H3. The van der Waals surface area contributed by atoms with Crippen molar-refractivity contribution in [3.8, 4) is 45.6 Å². The second-order valence-corrected chi connectivity index (χ2v) is 12.6. The van der Waals surface area contributed by atoms with Crippen LogP contribution in [0.15, 0.2) is 48.5 Å². The lowest BCUT2D eigenvalue weighted by Crippen LogP contribution is -2.09. The molecule has 1 aliphatic rings. The molecule has 0 saturated heterocycles. The SMILES string of the molecule is CCCCCOc1cc2cc(OCCCC)ccc2c2c1OS(=O)Oc1c(OCCCCC)cc3cc(OCCCC)ccc3c1-2. The molecule has 248 valence electrons. The lowest BCUT2D eigenvalue weighted by molar-refractivity contribution is 0.294. The molecule has 0 atom stereocenters.